The third-order valence-corrected chi connectivity index (χ3v) is 3.41. The molecular weight excluding hydrogens is 274 g/mol. The van der Waals surface area contributed by atoms with E-state index in [9.17, 15) is 9.59 Å². The smallest absolute Gasteiger partial charge is 0.358 e. The Balaban J connectivity index is 1.96. The van der Waals surface area contributed by atoms with E-state index in [0.29, 0.717) is 16.9 Å². The van der Waals surface area contributed by atoms with Gasteiger partial charge in [-0.05, 0) is 30.5 Å². The fraction of sp³-hybridized carbons (Fsp3) is 0.286. The van der Waals surface area contributed by atoms with Gasteiger partial charge >= 0.3 is 11.9 Å². The summed E-state index contributed by atoms with van der Waals surface area (Å²) in [6.45, 7) is 0. The first-order valence-electron chi connectivity index (χ1n) is 6.56. The first-order valence-corrected chi connectivity index (χ1v) is 6.56. The number of benzene rings is 1. The summed E-state index contributed by atoms with van der Waals surface area (Å²) in [6.07, 6.45) is 1.82. The first-order chi connectivity index (χ1) is 10.1. The molecule has 7 heteroatoms. The summed E-state index contributed by atoms with van der Waals surface area (Å²) in [5.41, 5.74) is 1.98. The largest absolute Gasteiger partial charge is 0.481 e. The maximum Gasteiger partial charge on any atom is 0.358 e. The average Bonchev–Trinajstić information content (AvgIpc) is 3.17. The van der Waals surface area contributed by atoms with Crippen molar-refractivity contribution in [3.63, 3.8) is 0 Å². The molecule has 0 spiro atoms. The summed E-state index contributed by atoms with van der Waals surface area (Å²) in [5, 5.41) is 25.6. The van der Waals surface area contributed by atoms with Crippen LogP contribution in [0.15, 0.2) is 24.3 Å². The number of nitrogens with zero attached hydrogens (tertiary/aromatic N) is 3. The van der Waals surface area contributed by atoms with Gasteiger partial charge < -0.3 is 10.2 Å². The van der Waals surface area contributed by atoms with E-state index < -0.39 is 11.9 Å². The van der Waals surface area contributed by atoms with Gasteiger partial charge in [0.25, 0.3) is 0 Å². The molecule has 0 radical (unpaired) electrons. The van der Waals surface area contributed by atoms with Crippen LogP contribution < -0.4 is 0 Å². The fourth-order valence-corrected chi connectivity index (χ4v) is 2.28. The predicted molar refractivity (Wildman–Crippen MR) is 71.6 cm³/mol. The molecule has 0 atom stereocenters. The molecular formula is C14H13N3O4. The van der Waals surface area contributed by atoms with E-state index in [-0.39, 0.29) is 18.0 Å². The molecule has 0 aliphatic heterocycles. The number of carbonyl (C=O) groups is 2. The van der Waals surface area contributed by atoms with E-state index in [0.717, 1.165) is 12.8 Å². The lowest BCUT2D eigenvalue weighted by molar-refractivity contribution is -0.136. The number of aromatic nitrogens is 3. The molecule has 1 heterocycles. The maximum absolute atomic E-state index is 11.2. The number of hydrogen-bond donors (Lipinski definition) is 2. The SMILES string of the molecule is O=C(O)Cc1ccc(-n2nnc(C(=O)O)c2C2CC2)cc1. The summed E-state index contributed by atoms with van der Waals surface area (Å²) in [7, 11) is 0. The molecule has 2 N–H and O–H groups in total. The highest BCUT2D eigenvalue weighted by atomic mass is 16.4. The normalized spacial score (nSPS) is 14.1. The van der Waals surface area contributed by atoms with Crippen molar-refractivity contribution in [1.29, 1.82) is 0 Å². The zero-order chi connectivity index (χ0) is 15.0. The molecule has 0 amide bonds. The molecule has 1 aromatic heterocycles. The van der Waals surface area contributed by atoms with Crippen molar-refractivity contribution in [2.45, 2.75) is 25.2 Å². The third kappa shape index (κ3) is 2.62. The zero-order valence-electron chi connectivity index (χ0n) is 11.1. The minimum Gasteiger partial charge on any atom is -0.481 e. The quantitative estimate of drug-likeness (QED) is 0.862. The predicted octanol–water partition coefficient (Wildman–Crippen LogP) is 1.47. The highest BCUT2D eigenvalue weighted by Crippen LogP contribution is 2.41. The molecule has 1 aromatic carbocycles. The number of aliphatic carboxylic acids is 1. The molecule has 21 heavy (non-hydrogen) atoms. The van der Waals surface area contributed by atoms with E-state index in [1.165, 1.54) is 4.68 Å². The van der Waals surface area contributed by atoms with Crippen molar-refractivity contribution in [3.05, 3.63) is 41.2 Å². The summed E-state index contributed by atoms with van der Waals surface area (Å²) < 4.78 is 1.53. The Hall–Kier alpha value is -2.70. The lowest BCUT2D eigenvalue weighted by Crippen LogP contribution is -2.06. The molecule has 0 unspecified atom stereocenters. The van der Waals surface area contributed by atoms with Crippen LogP contribution in [0.25, 0.3) is 5.69 Å². The van der Waals surface area contributed by atoms with Crippen molar-refractivity contribution in [2.24, 2.45) is 0 Å². The van der Waals surface area contributed by atoms with Gasteiger partial charge in [0.15, 0.2) is 5.69 Å². The Labute approximate surface area is 119 Å². The minimum atomic E-state index is -1.08. The second kappa shape index (κ2) is 5.01. The average molecular weight is 287 g/mol. The third-order valence-electron chi connectivity index (χ3n) is 3.41. The Bertz CT molecular complexity index is 702. The monoisotopic (exact) mass is 287 g/mol. The molecule has 0 saturated heterocycles. The second-order valence-corrected chi connectivity index (χ2v) is 5.05. The van der Waals surface area contributed by atoms with Crippen LogP contribution in [0.5, 0.6) is 0 Å². The molecule has 7 nitrogen and oxygen atoms in total. The zero-order valence-corrected chi connectivity index (χ0v) is 11.1. The Morgan fingerprint density at radius 1 is 1.19 bits per heavy atom. The molecule has 108 valence electrons. The lowest BCUT2D eigenvalue weighted by atomic mass is 10.1. The van der Waals surface area contributed by atoms with Gasteiger partial charge in [-0.3, -0.25) is 4.79 Å². The van der Waals surface area contributed by atoms with Gasteiger partial charge in [0.2, 0.25) is 0 Å². The van der Waals surface area contributed by atoms with Gasteiger partial charge in [0.1, 0.15) is 0 Å². The summed E-state index contributed by atoms with van der Waals surface area (Å²) >= 11 is 0. The first kappa shape index (κ1) is 13.3. The standard InChI is InChI=1S/C14H13N3O4/c18-11(19)7-8-1-5-10(6-2-8)17-13(9-3-4-9)12(14(20)21)15-16-17/h1-2,5-6,9H,3-4,7H2,(H,18,19)(H,20,21). The Morgan fingerprint density at radius 2 is 1.86 bits per heavy atom. The molecule has 1 aliphatic rings. The van der Waals surface area contributed by atoms with Crippen molar-refractivity contribution >= 4 is 11.9 Å². The number of aromatic carboxylic acids is 1. The van der Waals surface area contributed by atoms with Gasteiger partial charge in [-0.15, -0.1) is 5.10 Å². The van der Waals surface area contributed by atoms with E-state index in [1.54, 1.807) is 24.3 Å². The van der Waals surface area contributed by atoms with Gasteiger partial charge in [-0.25, -0.2) is 9.48 Å². The van der Waals surface area contributed by atoms with E-state index in [1.807, 2.05) is 0 Å². The van der Waals surface area contributed by atoms with Crippen LogP contribution in [0.2, 0.25) is 0 Å². The highest BCUT2D eigenvalue weighted by Gasteiger charge is 2.34. The van der Waals surface area contributed by atoms with Crippen LogP contribution in [0.4, 0.5) is 0 Å². The van der Waals surface area contributed by atoms with Crippen molar-refractivity contribution in [3.8, 4) is 5.69 Å². The van der Waals surface area contributed by atoms with Crippen molar-refractivity contribution in [1.82, 2.24) is 15.0 Å². The molecule has 1 aliphatic carbocycles. The fourth-order valence-electron chi connectivity index (χ4n) is 2.28. The molecule has 3 rings (SSSR count). The van der Waals surface area contributed by atoms with Crippen LogP contribution >= 0.6 is 0 Å². The Morgan fingerprint density at radius 3 is 2.38 bits per heavy atom. The second-order valence-electron chi connectivity index (χ2n) is 5.05. The number of rotatable bonds is 5. The summed E-state index contributed by atoms with van der Waals surface area (Å²) in [4.78, 5) is 21.9. The van der Waals surface area contributed by atoms with Crippen LogP contribution in [0.1, 0.15) is 40.5 Å². The Kier molecular flexibility index (Phi) is 3.17. The van der Waals surface area contributed by atoms with Crippen LogP contribution in [-0.4, -0.2) is 37.1 Å². The van der Waals surface area contributed by atoms with Gasteiger partial charge in [-0.2, -0.15) is 0 Å². The van der Waals surface area contributed by atoms with Crippen molar-refractivity contribution in [2.75, 3.05) is 0 Å². The number of carboxylic acids is 2. The van der Waals surface area contributed by atoms with E-state index >= 15 is 0 Å². The van der Waals surface area contributed by atoms with Crippen LogP contribution in [0, 0.1) is 0 Å². The highest BCUT2D eigenvalue weighted by molar-refractivity contribution is 5.87. The van der Waals surface area contributed by atoms with Gasteiger partial charge in [-0.1, -0.05) is 17.3 Å². The van der Waals surface area contributed by atoms with Crippen LogP contribution in [0.3, 0.4) is 0 Å². The van der Waals surface area contributed by atoms with E-state index in [2.05, 4.69) is 10.3 Å². The molecule has 0 bridgehead atoms. The molecule has 1 fully saturated rings. The van der Waals surface area contributed by atoms with Gasteiger partial charge in [0.05, 0.1) is 17.8 Å². The lowest BCUT2D eigenvalue weighted by Gasteiger charge is -2.06. The van der Waals surface area contributed by atoms with Crippen LogP contribution in [-0.2, 0) is 11.2 Å². The molecule has 2 aromatic rings. The van der Waals surface area contributed by atoms with Crippen molar-refractivity contribution < 1.29 is 19.8 Å². The summed E-state index contributed by atoms with van der Waals surface area (Å²) in [5.74, 6) is -1.79. The topological polar surface area (TPSA) is 105 Å². The number of carboxylic acid groups (broad SMARTS) is 2. The van der Waals surface area contributed by atoms with Gasteiger partial charge in [0, 0.05) is 5.92 Å². The molecule has 1 saturated carbocycles. The van der Waals surface area contributed by atoms with E-state index in [4.69, 9.17) is 10.2 Å². The number of hydrogen-bond acceptors (Lipinski definition) is 4. The maximum atomic E-state index is 11.2. The summed E-state index contributed by atoms with van der Waals surface area (Å²) in [6, 6.07) is 6.85. The minimum absolute atomic E-state index is 0.00730.